The van der Waals surface area contributed by atoms with Gasteiger partial charge in [0.15, 0.2) is 0 Å². The number of ether oxygens (including phenoxy) is 1. The average Bonchev–Trinajstić information content (AvgIpc) is 2.37. The van der Waals surface area contributed by atoms with Crippen molar-refractivity contribution in [3.8, 4) is 0 Å². The Bertz CT molecular complexity index is 149. The third kappa shape index (κ3) is 2.17. The first kappa shape index (κ1) is 8.49. The number of nitrogens with two attached hydrogens (primary N) is 1. The fraction of sp³-hybridized carbons (Fsp3) is 0.857. The minimum Gasteiger partial charge on any atom is -0.377 e. The van der Waals surface area contributed by atoms with Gasteiger partial charge in [-0.05, 0) is 13.3 Å². The first-order valence-corrected chi connectivity index (χ1v) is 3.88. The second-order valence-corrected chi connectivity index (χ2v) is 2.68. The summed E-state index contributed by atoms with van der Waals surface area (Å²) in [4.78, 5) is 10.7. The molecule has 0 bridgehead atoms. The topological polar surface area (TPSA) is 64.3 Å². The summed E-state index contributed by atoms with van der Waals surface area (Å²) in [5.74, 6) is -0.285. The number of rotatable bonds is 3. The van der Waals surface area contributed by atoms with Crippen molar-refractivity contribution in [1.82, 2.24) is 5.32 Å². The van der Waals surface area contributed by atoms with Crippen LogP contribution in [0, 0.1) is 0 Å². The molecule has 0 aromatic rings. The van der Waals surface area contributed by atoms with Gasteiger partial charge in [-0.3, -0.25) is 4.79 Å². The zero-order valence-corrected chi connectivity index (χ0v) is 6.67. The maximum atomic E-state index is 10.7. The lowest BCUT2D eigenvalue weighted by atomic mass is 10.2. The van der Waals surface area contributed by atoms with Gasteiger partial charge in [-0.1, -0.05) is 0 Å². The number of nitrogens with one attached hydrogen (secondary N) is 1. The van der Waals surface area contributed by atoms with Crippen LogP contribution in [0.25, 0.3) is 0 Å². The molecule has 0 aromatic carbocycles. The molecule has 1 fully saturated rings. The summed E-state index contributed by atoms with van der Waals surface area (Å²) in [5, 5.41) is 2.99. The fourth-order valence-corrected chi connectivity index (χ4v) is 1.28. The van der Waals surface area contributed by atoms with Crippen LogP contribution in [0.4, 0.5) is 0 Å². The second kappa shape index (κ2) is 3.69. The van der Waals surface area contributed by atoms with Crippen LogP contribution in [0.5, 0.6) is 0 Å². The summed E-state index contributed by atoms with van der Waals surface area (Å²) >= 11 is 0. The molecule has 1 heterocycles. The van der Waals surface area contributed by atoms with Crippen molar-refractivity contribution < 1.29 is 9.53 Å². The van der Waals surface area contributed by atoms with E-state index in [0.717, 1.165) is 6.54 Å². The minimum absolute atomic E-state index is 0.164. The number of primary amides is 1. The molecular weight excluding hydrogens is 144 g/mol. The van der Waals surface area contributed by atoms with Gasteiger partial charge in [0, 0.05) is 13.2 Å². The van der Waals surface area contributed by atoms with E-state index >= 15 is 0 Å². The third-order valence-corrected chi connectivity index (χ3v) is 1.84. The molecule has 0 radical (unpaired) electrons. The summed E-state index contributed by atoms with van der Waals surface area (Å²) in [5.41, 5.74) is 5.10. The van der Waals surface area contributed by atoms with Crippen molar-refractivity contribution in [3.63, 3.8) is 0 Å². The van der Waals surface area contributed by atoms with E-state index in [1.807, 2.05) is 6.92 Å². The molecule has 0 aromatic heterocycles. The Labute approximate surface area is 66.1 Å². The number of hydrogen-bond donors (Lipinski definition) is 2. The maximum Gasteiger partial charge on any atom is 0.234 e. The molecule has 64 valence electrons. The Morgan fingerprint density at radius 1 is 1.82 bits per heavy atom. The number of carbonyl (C=O) groups excluding carboxylic acids is 1. The molecule has 3 N–H and O–H groups in total. The molecule has 0 spiro atoms. The van der Waals surface area contributed by atoms with Crippen molar-refractivity contribution in [2.24, 2.45) is 5.73 Å². The summed E-state index contributed by atoms with van der Waals surface area (Å²) in [6.07, 6.45) is 0.876. The van der Waals surface area contributed by atoms with Gasteiger partial charge in [0.1, 0.15) is 0 Å². The predicted octanol–water partition coefficient (Wildman–Crippen LogP) is -0.761. The minimum atomic E-state index is -0.285. The Morgan fingerprint density at radius 2 is 2.55 bits per heavy atom. The summed E-state index contributed by atoms with van der Waals surface area (Å²) in [6, 6.07) is -0.188. The molecule has 1 saturated heterocycles. The van der Waals surface area contributed by atoms with E-state index in [1.165, 1.54) is 0 Å². The first-order chi connectivity index (χ1) is 5.24. The van der Waals surface area contributed by atoms with Crippen molar-refractivity contribution >= 4 is 5.91 Å². The molecule has 0 aliphatic carbocycles. The summed E-state index contributed by atoms with van der Waals surface area (Å²) in [7, 11) is 0. The van der Waals surface area contributed by atoms with Crippen LogP contribution in [0.3, 0.4) is 0 Å². The highest BCUT2D eigenvalue weighted by molar-refractivity contribution is 5.80. The highest BCUT2D eigenvalue weighted by Gasteiger charge is 2.27. The van der Waals surface area contributed by atoms with E-state index in [9.17, 15) is 4.79 Å². The highest BCUT2D eigenvalue weighted by Crippen LogP contribution is 2.09. The molecule has 2 unspecified atom stereocenters. The Hall–Kier alpha value is -0.610. The monoisotopic (exact) mass is 158 g/mol. The SMILES string of the molecule is CCOC1CNC(C(N)=O)C1. The second-order valence-electron chi connectivity index (χ2n) is 2.68. The van der Waals surface area contributed by atoms with Gasteiger partial charge in [-0.2, -0.15) is 0 Å². The van der Waals surface area contributed by atoms with Gasteiger partial charge in [-0.25, -0.2) is 0 Å². The van der Waals surface area contributed by atoms with Crippen LogP contribution in [-0.2, 0) is 9.53 Å². The smallest absolute Gasteiger partial charge is 0.234 e. The van der Waals surface area contributed by atoms with Crippen molar-refractivity contribution in [2.75, 3.05) is 13.2 Å². The molecule has 1 aliphatic rings. The van der Waals surface area contributed by atoms with Gasteiger partial charge in [0.05, 0.1) is 12.1 Å². The van der Waals surface area contributed by atoms with Crippen LogP contribution >= 0.6 is 0 Å². The normalized spacial score (nSPS) is 30.6. The standard InChI is InChI=1S/C7H14N2O2/c1-2-11-5-3-6(7(8)10)9-4-5/h5-6,9H,2-4H2,1H3,(H2,8,10). The van der Waals surface area contributed by atoms with Gasteiger partial charge in [0.2, 0.25) is 5.91 Å². The quantitative estimate of drug-likeness (QED) is 0.567. The molecule has 2 atom stereocenters. The maximum absolute atomic E-state index is 10.7. The molecule has 1 aliphatic heterocycles. The van der Waals surface area contributed by atoms with Crippen molar-refractivity contribution in [2.45, 2.75) is 25.5 Å². The van der Waals surface area contributed by atoms with E-state index in [0.29, 0.717) is 13.0 Å². The molecule has 4 heteroatoms. The van der Waals surface area contributed by atoms with E-state index in [-0.39, 0.29) is 18.1 Å². The number of hydrogen-bond acceptors (Lipinski definition) is 3. The molecule has 0 saturated carbocycles. The van der Waals surface area contributed by atoms with Crippen LogP contribution in [0.1, 0.15) is 13.3 Å². The van der Waals surface area contributed by atoms with Gasteiger partial charge in [-0.15, -0.1) is 0 Å². The van der Waals surface area contributed by atoms with E-state index < -0.39 is 0 Å². The zero-order valence-electron chi connectivity index (χ0n) is 6.67. The fourth-order valence-electron chi connectivity index (χ4n) is 1.28. The van der Waals surface area contributed by atoms with Crippen LogP contribution in [0.15, 0.2) is 0 Å². The Balaban J connectivity index is 2.29. The predicted molar refractivity (Wildman–Crippen MR) is 41.0 cm³/mol. The third-order valence-electron chi connectivity index (χ3n) is 1.84. The van der Waals surface area contributed by atoms with Crippen LogP contribution < -0.4 is 11.1 Å². The molecule has 1 rings (SSSR count). The average molecular weight is 158 g/mol. The molecular formula is C7H14N2O2. The number of amides is 1. The van der Waals surface area contributed by atoms with Crippen LogP contribution in [0.2, 0.25) is 0 Å². The largest absolute Gasteiger partial charge is 0.377 e. The van der Waals surface area contributed by atoms with E-state index in [1.54, 1.807) is 0 Å². The molecule has 11 heavy (non-hydrogen) atoms. The lowest BCUT2D eigenvalue weighted by molar-refractivity contribution is -0.119. The van der Waals surface area contributed by atoms with Crippen LogP contribution in [-0.4, -0.2) is 31.2 Å². The highest BCUT2D eigenvalue weighted by atomic mass is 16.5. The van der Waals surface area contributed by atoms with Crippen molar-refractivity contribution in [1.29, 1.82) is 0 Å². The first-order valence-electron chi connectivity index (χ1n) is 3.88. The lowest BCUT2D eigenvalue weighted by Gasteiger charge is -2.07. The van der Waals surface area contributed by atoms with E-state index in [2.05, 4.69) is 5.32 Å². The lowest BCUT2D eigenvalue weighted by Crippen LogP contribution is -2.36. The van der Waals surface area contributed by atoms with E-state index in [4.69, 9.17) is 10.5 Å². The van der Waals surface area contributed by atoms with Gasteiger partial charge >= 0.3 is 0 Å². The van der Waals surface area contributed by atoms with Gasteiger partial charge in [0.25, 0.3) is 0 Å². The zero-order chi connectivity index (χ0) is 8.27. The Kier molecular flexibility index (Phi) is 2.84. The van der Waals surface area contributed by atoms with Gasteiger partial charge < -0.3 is 15.8 Å². The summed E-state index contributed by atoms with van der Waals surface area (Å²) in [6.45, 7) is 3.37. The molecule has 1 amide bonds. The number of carbonyl (C=O) groups is 1. The van der Waals surface area contributed by atoms with Crippen molar-refractivity contribution in [3.05, 3.63) is 0 Å². The summed E-state index contributed by atoms with van der Waals surface area (Å²) < 4.78 is 5.31. The molecule has 4 nitrogen and oxygen atoms in total. The Morgan fingerprint density at radius 3 is 3.00 bits per heavy atom.